The lowest BCUT2D eigenvalue weighted by molar-refractivity contribution is 0.206. The molecule has 1 atom stereocenters. The molecule has 0 unspecified atom stereocenters. The molecule has 31 heavy (non-hydrogen) atoms. The first-order valence-electron chi connectivity index (χ1n) is 10.4. The van der Waals surface area contributed by atoms with E-state index in [1.807, 2.05) is 42.5 Å². The zero-order valence-electron chi connectivity index (χ0n) is 17.0. The molecule has 0 amide bonds. The third-order valence-electron chi connectivity index (χ3n) is 5.91. The van der Waals surface area contributed by atoms with Gasteiger partial charge in [-0.1, -0.05) is 35.9 Å². The third kappa shape index (κ3) is 3.82. The second kappa shape index (κ2) is 8.53. The highest BCUT2D eigenvalue weighted by atomic mass is 35.5. The molecule has 6 heteroatoms. The number of benzene rings is 2. The molecule has 1 aliphatic heterocycles. The van der Waals surface area contributed by atoms with Gasteiger partial charge in [-0.2, -0.15) is 0 Å². The predicted octanol–water partition coefficient (Wildman–Crippen LogP) is 4.90. The van der Waals surface area contributed by atoms with Crippen molar-refractivity contribution in [2.75, 3.05) is 31.1 Å². The van der Waals surface area contributed by atoms with Crippen molar-refractivity contribution in [1.82, 2.24) is 14.9 Å². The number of pyridine rings is 2. The molecule has 0 bridgehead atoms. The van der Waals surface area contributed by atoms with Crippen LogP contribution in [0.2, 0.25) is 5.02 Å². The Balaban J connectivity index is 1.53. The Morgan fingerprint density at radius 3 is 2.32 bits per heavy atom. The number of aromatic nitrogens is 2. The maximum absolute atomic E-state index is 11.2. The number of nitrogens with zero attached hydrogens (tertiary/aromatic N) is 4. The molecule has 2 aromatic heterocycles. The Hall–Kier alpha value is -3.15. The molecule has 0 radical (unpaired) electrons. The van der Waals surface area contributed by atoms with Gasteiger partial charge in [0.2, 0.25) is 0 Å². The highest BCUT2D eigenvalue weighted by Gasteiger charge is 2.30. The molecular formula is C25H23ClN4O. The number of anilines is 1. The molecule has 156 valence electrons. The molecule has 1 N–H and O–H groups in total. The molecule has 0 aliphatic carbocycles. The monoisotopic (exact) mass is 430 g/mol. The summed E-state index contributed by atoms with van der Waals surface area (Å²) in [5, 5.41) is 12.5. The van der Waals surface area contributed by atoms with Gasteiger partial charge in [0.05, 0.1) is 16.8 Å². The smallest absolute Gasteiger partial charge is 0.147 e. The largest absolute Gasteiger partial charge is 0.505 e. The van der Waals surface area contributed by atoms with Gasteiger partial charge < -0.3 is 10.0 Å². The van der Waals surface area contributed by atoms with E-state index >= 15 is 0 Å². The fourth-order valence-electron chi connectivity index (χ4n) is 4.37. The standard InChI is InChI=1S/C25H23ClN4O/c26-21-17-20(25(31)23-19(21)9-6-12-28-23)24(22-10-4-5-11-27-22)30-15-13-29(14-16-30)18-7-2-1-3-8-18/h1-12,17,24,31H,13-16H2/t24-/m0/s1. The summed E-state index contributed by atoms with van der Waals surface area (Å²) in [7, 11) is 0. The van der Waals surface area contributed by atoms with Crippen LogP contribution in [0.1, 0.15) is 17.3 Å². The maximum Gasteiger partial charge on any atom is 0.147 e. The van der Waals surface area contributed by atoms with Gasteiger partial charge in [-0.05, 0) is 42.5 Å². The zero-order chi connectivity index (χ0) is 21.2. The van der Waals surface area contributed by atoms with Crippen molar-refractivity contribution in [3.05, 3.63) is 95.4 Å². The van der Waals surface area contributed by atoms with Gasteiger partial charge in [0, 0.05) is 55.2 Å². The number of fused-ring (bicyclic) bond motifs is 1. The quantitative estimate of drug-likeness (QED) is 0.499. The number of hydrogen-bond acceptors (Lipinski definition) is 5. The molecule has 0 spiro atoms. The number of piperazine rings is 1. The van der Waals surface area contributed by atoms with E-state index in [0.717, 1.165) is 42.8 Å². The Morgan fingerprint density at radius 2 is 1.58 bits per heavy atom. The maximum atomic E-state index is 11.2. The van der Waals surface area contributed by atoms with Crippen LogP contribution in [0.3, 0.4) is 0 Å². The summed E-state index contributed by atoms with van der Waals surface area (Å²) in [4.78, 5) is 13.8. The molecule has 0 saturated carbocycles. The number of phenolic OH excluding ortho intramolecular Hbond substituents is 1. The number of phenols is 1. The minimum Gasteiger partial charge on any atom is -0.505 e. The normalized spacial score (nSPS) is 15.8. The first-order valence-corrected chi connectivity index (χ1v) is 10.8. The van der Waals surface area contributed by atoms with E-state index in [0.29, 0.717) is 10.5 Å². The van der Waals surface area contributed by atoms with Crippen LogP contribution in [0.25, 0.3) is 10.9 Å². The number of rotatable bonds is 4. The summed E-state index contributed by atoms with van der Waals surface area (Å²) >= 11 is 6.61. The molecule has 5 rings (SSSR count). The van der Waals surface area contributed by atoms with Crippen LogP contribution in [0.4, 0.5) is 5.69 Å². The van der Waals surface area contributed by atoms with Gasteiger partial charge in [-0.3, -0.25) is 14.9 Å². The first-order chi connectivity index (χ1) is 15.2. The molecule has 2 aromatic carbocycles. The van der Waals surface area contributed by atoms with Crippen molar-refractivity contribution in [1.29, 1.82) is 0 Å². The Kier molecular flexibility index (Phi) is 5.45. The van der Waals surface area contributed by atoms with Crippen molar-refractivity contribution in [2.24, 2.45) is 0 Å². The zero-order valence-corrected chi connectivity index (χ0v) is 17.8. The van der Waals surface area contributed by atoms with Gasteiger partial charge in [0.1, 0.15) is 11.3 Å². The molecule has 4 aromatic rings. The van der Waals surface area contributed by atoms with Crippen LogP contribution in [-0.4, -0.2) is 46.2 Å². The third-order valence-corrected chi connectivity index (χ3v) is 6.22. The summed E-state index contributed by atoms with van der Waals surface area (Å²) in [6.45, 7) is 3.47. The van der Waals surface area contributed by atoms with Gasteiger partial charge in [0.25, 0.3) is 0 Å². The van der Waals surface area contributed by atoms with Crippen LogP contribution < -0.4 is 4.90 Å². The van der Waals surface area contributed by atoms with Gasteiger partial charge in [-0.15, -0.1) is 0 Å². The van der Waals surface area contributed by atoms with E-state index in [1.54, 1.807) is 12.4 Å². The van der Waals surface area contributed by atoms with Crippen molar-refractivity contribution in [3.8, 4) is 5.75 Å². The minimum atomic E-state index is -0.206. The lowest BCUT2D eigenvalue weighted by Crippen LogP contribution is -2.48. The van der Waals surface area contributed by atoms with E-state index in [9.17, 15) is 5.11 Å². The SMILES string of the molecule is Oc1c([C@@H](c2ccccn2)N2CCN(c3ccccc3)CC2)cc(Cl)c2cccnc12. The summed E-state index contributed by atoms with van der Waals surface area (Å²) in [5.41, 5.74) is 3.38. The molecule has 1 saturated heterocycles. The lowest BCUT2D eigenvalue weighted by atomic mass is 9.97. The van der Waals surface area contributed by atoms with Gasteiger partial charge in [-0.25, -0.2) is 0 Å². The second-order valence-electron chi connectivity index (χ2n) is 7.71. The predicted molar refractivity (Wildman–Crippen MR) is 125 cm³/mol. The molecule has 1 aliphatic rings. The van der Waals surface area contributed by atoms with Crippen LogP contribution in [0, 0.1) is 0 Å². The molecular weight excluding hydrogens is 408 g/mol. The van der Waals surface area contributed by atoms with E-state index in [1.165, 1.54) is 5.69 Å². The number of para-hydroxylation sites is 1. The van der Waals surface area contributed by atoms with Crippen molar-refractivity contribution in [3.63, 3.8) is 0 Å². The van der Waals surface area contributed by atoms with Crippen LogP contribution in [0.15, 0.2) is 79.1 Å². The Bertz CT molecular complexity index is 1180. The van der Waals surface area contributed by atoms with E-state index in [4.69, 9.17) is 11.6 Å². The highest BCUT2D eigenvalue weighted by Crippen LogP contribution is 2.40. The summed E-state index contributed by atoms with van der Waals surface area (Å²) < 4.78 is 0. The number of halogens is 1. The second-order valence-corrected chi connectivity index (χ2v) is 8.12. The van der Waals surface area contributed by atoms with Crippen LogP contribution in [0.5, 0.6) is 5.75 Å². The topological polar surface area (TPSA) is 52.5 Å². The average molecular weight is 431 g/mol. The molecule has 5 nitrogen and oxygen atoms in total. The average Bonchev–Trinajstić information content (AvgIpc) is 2.84. The summed E-state index contributed by atoms with van der Waals surface area (Å²) in [5.74, 6) is 0.168. The van der Waals surface area contributed by atoms with Crippen LogP contribution in [-0.2, 0) is 0 Å². The minimum absolute atomic E-state index is 0.168. The number of aromatic hydroxyl groups is 1. The fourth-order valence-corrected chi connectivity index (χ4v) is 4.64. The van der Waals surface area contributed by atoms with Crippen LogP contribution >= 0.6 is 11.6 Å². The fraction of sp³-hybridized carbons (Fsp3) is 0.200. The molecule has 3 heterocycles. The van der Waals surface area contributed by atoms with Crippen molar-refractivity contribution < 1.29 is 5.11 Å². The van der Waals surface area contributed by atoms with E-state index in [2.05, 4.69) is 44.0 Å². The Morgan fingerprint density at radius 1 is 0.839 bits per heavy atom. The van der Waals surface area contributed by atoms with Gasteiger partial charge >= 0.3 is 0 Å². The van der Waals surface area contributed by atoms with Gasteiger partial charge in [0.15, 0.2) is 0 Å². The number of hydrogen-bond donors (Lipinski definition) is 1. The Labute approximate surface area is 186 Å². The van der Waals surface area contributed by atoms with E-state index in [-0.39, 0.29) is 11.8 Å². The molecule has 1 fully saturated rings. The van der Waals surface area contributed by atoms with E-state index < -0.39 is 0 Å². The van der Waals surface area contributed by atoms with Crippen molar-refractivity contribution in [2.45, 2.75) is 6.04 Å². The summed E-state index contributed by atoms with van der Waals surface area (Å²) in [6.07, 6.45) is 3.47. The highest BCUT2D eigenvalue weighted by molar-refractivity contribution is 6.35. The first kappa shape index (κ1) is 19.8. The summed E-state index contributed by atoms with van der Waals surface area (Å²) in [6, 6.07) is 21.7. The lowest BCUT2D eigenvalue weighted by Gasteiger charge is -2.40. The van der Waals surface area contributed by atoms with Crippen molar-refractivity contribution >= 4 is 28.2 Å².